The highest BCUT2D eigenvalue weighted by Gasteiger charge is 2.29. The van der Waals surface area contributed by atoms with E-state index >= 15 is 0 Å². The van der Waals surface area contributed by atoms with Crippen LogP contribution in [-0.4, -0.2) is 56.5 Å². The molecule has 2 aromatic carbocycles. The summed E-state index contributed by atoms with van der Waals surface area (Å²) in [5.41, 5.74) is 2.98. The van der Waals surface area contributed by atoms with Crippen molar-refractivity contribution >= 4 is 34.6 Å². The average Bonchev–Trinajstić information content (AvgIpc) is 3.41. The molecule has 0 unspecified atom stereocenters. The Morgan fingerprint density at radius 1 is 1.12 bits per heavy atom. The van der Waals surface area contributed by atoms with Gasteiger partial charge in [0.2, 0.25) is 0 Å². The lowest BCUT2D eigenvalue weighted by atomic mass is 10.1. The molecular weight excluding hydrogens is 428 g/mol. The Bertz CT molecular complexity index is 1270. The number of anilines is 1. The molecule has 4 aromatic rings. The van der Waals surface area contributed by atoms with Gasteiger partial charge in [-0.2, -0.15) is 20.0 Å². The molecule has 0 spiro atoms. The lowest BCUT2D eigenvalue weighted by Crippen LogP contribution is -2.40. The van der Waals surface area contributed by atoms with Gasteiger partial charge in [-0.05, 0) is 56.2 Å². The van der Waals surface area contributed by atoms with Gasteiger partial charge in [0.25, 0.3) is 11.9 Å². The molecule has 0 bridgehead atoms. The number of oxazole rings is 1. The summed E-state index contributed by atoms with van der Waals surface area (Å²) in [5.74, 6) is -0.108. The number of benzene rings is 2. The number of amides is 1. The van der Waals surface area contributed by atoms with Gasteiger partial charge in [-0.15, -0.1) is 0 Å². The highest BCUT2D eigenvalue weighted by Crippen LogP contribution is 2.27. The summed E-state index contributed by atoms with van der Waals surface area (Å²) in [6.07, 6.45) is 3.91. The quantitative estimate of drug-likeness (QED) is 0.473. The molecule has 32 heavy (non-hydrogen) atoms. The summed E-state index contributed by atoms with van der Waals surface area (Å²) in [4.78, 5) is 23.5. The van der Waals surface area contributed by atoms with Gasteiger partial charge in [-0.25, -0.2) is 0 Å². The molecule has 1 amide bonds. The van der Waals surface area contributed by atoms with Crippen molar-refractivity contribution in [2.45, 2.75) is 19.4 Å². The molecule has 2 radical (unpaired) electrons. The fraction of sp³-hybridized carbons (Fsp3) is 0.261. The van der Waals surface area contributed by atoms with Gasteiger partial charge in [0, 0.05) is 30.7 Å². The molecular formula is C23H21ClN6O2. The molecule has 3 heterocycles. The van der Waals surface area contributed by atoms with E-state index < -0.39 is 0 Å². The van der Waals surface area contributed by atoms with E-state index in [2.05, 4.69) is 20.1 Å². The van der Waals surface area contributed by atoms with Crippen LogP contribution < -0.4 is 4.90 Å². The van der Waals surface area contributed by atoms with Crippen molar-refractivity contribution < 1.29 is 9.21 Å². The second kappa shape index (κ2) is 8.27. The molecule has 0 aliphatic carbocycles. The van der Waals surface area contributed by atoms with E-state index in [0.717, 1.165) is 13.0 Å². The zero-order chi connectivity index (χ0) is 22.2. The van der Waals surface area contributed by atoms with E-state index in [4.69, 9.17) is 22.9 Å². The minimum atomic E-state index is -0.108. The number of hydrogen-bond acceptors (Lipinski definition) is 6. The van der Waals surface area contributed by atoms with Gasteiger partial charge >= 0.3 is 0 Å². The van der Waals surface area contributed by atoms with Crippen LogP contribution in [0.5, 0.6) is 0 Å². The SMILES string of the molecule is [CH]c1ccc(-n2nccn2)c(C(=O)N2CCN(c3nc4cc(Cl)ccc4o3)CC[C@H]2C)c1. The molecule has 0 N–H and O–H groups in total. The molecule has 0 saturated carbocycles. The summed E-state index contributed by atoms with van der Waals surface area (Å²) in [7, 11) is 0. The predicted octanol–water partition coefficient (Wildman–Crippen LogP) is 3.86. The van der Waals surface area contributed by atoms with E-state index in [1.165, 1.54) is 4.80 Å². The monoisotopic (exact) mass is 448 g/mol. The Labute approximate surface area is 190 Å². The van der Waals surface area contributed by atoms with Gasteiger partial charge < -0.3 is 14.2 Å². The summed E-state index contributed by atoms with van der Waals surface area (Å²) in [6.45, 7) is 9.87. The van der Waals surface area contributed by atoms with Crippen LogP contribution in [0.4, 0.5) is 6.01 Å². The third-order valence-electron chi connectivity index (χ3n) is 5.71. The fourth-order valence-corrected chi connectivity index (χ4v) is 4.14. The molecule has 9 heteroatoms. The maximum Gasteiger partial charge on any atom is 0.298 e. The van der Waals surface area contributed by atoms with Crippen molar-refractivity contribution in [1.29, 1.82) is 0 Å². The number of carbonyl (C=O) groups is 1. The minimum absolute atomic E-state index is 0.0196. The number of aromatic nitrogens is 4. The van der Waals surface area contributed by atoms with Crippen molar-refractivity contribution in [2.75, 3.05) is 24.5 Å². The summed E-state index contributed by atoms with van der Waals surface area (Å²) in [5, 5.41) is 8.97. The van der Waals surface area contributed by atoms with Crippen LogP contribution in [-0.2, 0) is 0 Å². The van der Waals surface area contributed by atoms with E-state index in [-0.39, 0.29) is 11.9 Å². The van der Waals surface area contributed by atoms with Gasteiger partial charge in [0.15, 0.2) is 5.58 Å². The summed E-state index contributed by atoms with van der Waals surface area (Å²) < 4.78 is 5.93. The normalized spacial score (nSPS) is 17.0. The average molecular weight is 449 g/mol. The largest absolute Gasteiger partial charge is 0.423 e. The molecule has 2 aromatic heterocycles. The fourth-order valence-electron chi connectivity index (χ4n) is 3.97. The standard InChI is InChI=1S/C23H21ClN6O2/c1-15-3-5-20(30-25-8-9-26-30)18(13-15)22(31)29-12-11-28(10-7-16(29)2)23-27-19-14-17(24)4-6-21(19)32-23/h1,3-6,8-9,13-14,16H,7,10-12H2,2H3/t16-/m1/s1. The number of carbonyl (C=O) groups excluding carboxylic acids is 1. The first-order valence-electron chi connectivity index (χ1n) is 10.4. The molecule has 8 nitrogen and oxygen atoms in total. The van der Waals surface area contributed by atoms with Crippen molar-refractivity contribution in [2.24, 2.45) is 0 Å². The molecule has 1 aliphatic rings. The van der Waals surface area contributed by atoms with Gasteiger partial charge in [0.1, 0.15) is 5.52 Å². The smallest absolute Gasteiger partial charge is 0.298 e. The Morgan fingerprint density at radius 2 is 1.94 bits per heavy atom. The number of fused-ring (bicyclic) bond motifs is 1. The molecule has 1 saturated heterocycles. The molecule has 1 atom stereocenters. The number of halogens is 1. The highest BCUT2D eigenvalue weighted by atomic mass is 35.5. The second-order valence-electron chi connectivity index (χ2n) is 7.83. The van der Waals surface area contributed by atoms with Gasteiger partial charge in [-0.3, -0.25) is 4.79 Å². The van der Waals surface area contributed by atoms with Crippen molar-refractivity contribution in [1.82, 2.24) is 24.9 Å². The van der Waals surface area contributed by atoms with Crippen LogP contribution in [0.25, 0.3) is 16.8 Å². The van der Waals surface area contributed by atoms with Crippen LogP contribution in [0.2, 0.25) is 5.02 Å². The lowest BCUT2D eigenvalue weighted by Gasteiger charge is -2.27. The summed E-state index contributed by atoms with van der Waals surface area (Å²) in [6, 6.07) is 11.1. The van der Waals surface area contributed by atoms with Crippen LogP contribution in [0.1, 0.15) is 29.3 Å². The van der Waals surface area contributed by atoms with E-state index in [1.54, 1.807) is 42.7 Å². The third kappa shape index (κ3) is 3.82. The van der Waals surface area contributed by atoms with Crippen LogP contribution >= 0.6 is 11.6 Å². The van der Waals surface area contributed by atoms with Gasteiger partial charge in [0.05, 0.1) is 23.6 Å². The highest BCUT2D eigenvalue weighted by molar-refractivity contribution is 6.31. The first kappa shape index (κ1) is 20.5. The number of hydrogen-bond donors (Lipinski definition) is 0. The van der Waals surface area contributed by atoms with E-state index in [0.29, 0.717) is 52.0 Å². The van der Waals surface area contributed by atoms with Crippen LogP contribution in [0, 0.1) is 6.92 Å². The number of rotatable bonds is 3. The molecule has 5 rings (SSSR count). The molecule has 1 aliphatic heterocycles. The van der Waals surface area contributed by atoms with Crippen molar-refractivity contribution in [3.63, 3.8) is 0 Å². The molecule has 162 valence electrons. The lowest BCUT2D eigenvalue weighted by molar-refractivity contribution is 0.0704. The Morgan fingerprint density at radius 3 is 2.75 bits per heavy atom. The van der Waals surface area contributed by atoms with E-state index in [1.807, 2.05) is 17.9 Å². The van der Waals surface area contributed by atoms with Crippen molar-refractivity contribution in [3.8, 4) is 5.69 Å². The Balaban J connectivity index is 1.41. The zero-order valence-electron chi connectivity index (χ0n) is 17.5. The minimum Gasteiger partial charge on any atom is -0.423 e. The topological polar surface area (TPSA) is 80.3 Å². The maximum absolute atomic E-state index is 13.6. The van der Waals surface area contributed by atoms with Crippen molar-refractivity contribution in [3.05, 3.63) is 71.9 Å². The first-order chi connectivity index (χ1) is 15.5. The van der Waals surface area contributed by atoms with Crippen LogP contribution in [0.3, 0.4) is 0 Å². The molecule has 1 fully saturated rings. The Kier molecular flexibility index (Phi) is 5.30. The summed E-state index contributed by atoms with van der Waals surface area (Å²) >= 11 is 6.07. The number of nitrogens with zero attached hydrogens (tertiary/aromatic N) is 6. The van der Waals surface area contributed by atoms with Crippen LogP contribution in [0.15, 0.2) is 53.2 Å². The first-order valence-corrected chi connectivity index (χ1v) is 10.8. The zero-order valence-corrected chi connectivity index (χ0v) is 18.2. The van der Waals surface area contributed by atoms with Gasteiger partial charge in [-0.1, -0.05) is 17.7 Å². The maximum atomic E-state index is 13.6. The van der Waals surface area contributed by atoms with E-state index in [9.17, 15) is 4.79 Å². The predicted molar refractivity (Wildman–Crippen MR) is 121 cm³/mol. The third-order valence-corrected chi connectivity index (χ3v) is 5.95. The Hall–Kier alpha value is -3.39. The second-order valence-corrected chi connectivity index (χ2v) is 8.26.